The summed E-state index contributed by atoms with van der Waals surface area (Å²) in [4.78, 5) is 8.01. The van der Waals surface area contributed by atoms with Crippen LogP contribution in [0, 0.1) is 5.92 Å². The fourth-order valence-corrected chi connectivity index (χ4v) is 3.66. The van der Waals surface area contributed by atoms with E-state index in [9.17, 15) is 0 Å². The molecule has 0 amide bonds. The van der Waals surface area contributed by atoms with E-state index in [1.54, 1.807) is 0 Å². The molecule has 2 aromatic carbocycles. The number of H-pyrrole nitrogens is 1. The molecule has 0 aliphatic rings. The van der Waals surface area contributed by atoms with Crippen LogP contribution in [0.5, 0.6) is 5.75 Å². The molecule has 3 N–H and O–H groups in total. The zero-order chi connectivity index (χ0) is 22.5. The number of aromatic amines is 1. The van der Waals surface area contributed by atoms with Crippen molar-refractivity contribution in [2.45, 2.75) is 26.8 Å². The SMILES string of the molecule is CC(C)COc1ccc(Cl)cc1Cc1ccc(-c2nc3ccc(CNCCO)cc3[nH]2)o1.Cl.Cl. The highest BCUT2D eigenvalue weighted by molar-refractivity contribution is 6.30. The van der Waals surface area contributed by atoms with Crippen LogP contribution in [0.1, 0.15) is 30.7 Å². The Balaban J connectivity index is 0.00000204. The molecular formula is C25H30Cl3N3O3. The number of hydrogen-bond donors (Lipinski definition) is 3. The van der Waals surface area contributed by atoms with Crippen molar-refractivity contribution < 1.29 is 14.3 Å². The van der Waals surface area contributed by atoms with E-state index in [1.807, 2.05) is 42.5 Å². The number of nitrogens with one attached hydrogen (secondary N) is 2. The second-order valence-corrected chi connectivity index (χ2v) is 8.67. The Morgan fingerprint density at radius 2 is 1.94 bits per heavy atom. The van der Waals surface area contributed by atoms with Gasteiger partial charge >= 0.3 is 0 Å². The van der Waals surface area contributed by atoms with Gasteiger partial charge in [-0.2, -0.15) is 0 Å². The number of benzene rings is 2. The normalized spacial score (nSPS) is 10.9. The van der Waals surface area contributed by atoms with Gasteiger partial charge in [0.15, 0.2) is 11.6 Å². The maximum absolute atomic E-state index is 8.92. The Morgan fingerprint density at radius 3 is 2.71 bits per heavy atom. The number of fused-ring (bicyclic) bond motifs is 1. The first-order valence-electron chi connectivity index (χ1n) is 10.8. The van der Waals surface area contributed by atoms with Crippen LogP contribution < -0.4 is 10.1 Å². The summed E-state index contributed by atoms with van der Waals surface area (Å²) >= 11 is 6.23. The highest BCUT2D eigenvalue weighted by atomic mass is 35.5. The van der Waals surface area contributed by atoms with Gasteiger partial charge in [0.2, 0.25) is 0 Å². The van der Waals surface area contributed by atoms with Crippen LogP contribution in [-0.4, -0.2) is 34.8 Å². The molecule has 2 aromatic heterocycles. The largest absolute Gasteiger partial charge is 0.493 e. The Hall–Kier alpha value is -2.22. The minimum Gasteiger partial charge on any atom is -0.493 e. The van der Waals surface area contributed by atoms with Crippen LogP contribution in [0.3, 0.4) is 0 Å². The molecule has 0 fully saturated rings. The molecule has 6 nitrogen and oxygen atoms in total. The lowest BCUT2D eigenvalue weighted by molar-refractivity contribution is 0.268. The van der Waals surface area contributed by atoms with Gasteiger partial charge in [-0.1, -0.05) is 31.5 Å². The van der Waals surface area contributed by atoms with E-state index in [-0.39, 0.29) is 31.4 Å². The molecule has 0 spiro atoms. The Labute approximate surface area is 216 Å². The number of furan rings is 1. The van der Waals surface area contributed by atoms with Gasteiger partial charge in [-0.25, -0.2) is 4.98 Å². The summed E-state index contributed by atoms with van der Waals surface area (Å²) in [5.74, 6) is 3.45. The van der Waals surface area contributed by atoms with Crippen LogP contribution in [-0.2, 0) is 13.0 Å². The lowest BCUT2D eigenvalue weighted by Crippen LogP contribution is -2.17. The number of aromatic nitrogens is 2. The lowest BCUT2D eigenvalue weighted by Gasteiger charge is -2.13. The molecule has 0 aliphatic carbocycles. The van der Waals surface area contributed by atoms with Crippen molar-refractivity contribution in [3.63, 3.8) is 0 Å². The molecule has 9 heteroatoms. The van der Waals surface area contributed by atoms with E-state index in [0.717, 1.165) is 33.7 Å². The molecule has 34 heavy (non-hydrogen) atoms. The Morgan fingerprint density at radius 1 is 1.12 bits per heavy atom. The number of nitrogens with zero attached hydrogens (tertiary/aromatic N) is 1. The van der Waals surface area contributed by atoms with Crippen molar-refractivity contribution >= 4 is 47.4 Å². The molecular weight excluding hydrogens is 497 g/mol. The molecule has 2 heterocycles. The molecule has 0 unspecified atom stereocenters. The predicted octanol–water partition coefficient (Wildman–Crippen LogP) is 6.03. The van der Waals surface area contributed by atoms with Crippen LogP contribution in [0.2, 0.25) is 5.02 Å². The van der Waals surface area contributed by atoms with Crippen molar-refractivity contribution in [3.05, 3.63) is 70.4 Å². The summed E-state index contributed by atoms with van der Waals surface area (Å²) in [5.41, 5.74) is 3.93. The van der Waals surface area contributed by atoms with E-state index in [0.29, 0.717) is 48.6 Å². The van der Waals surface area contributed by atoms with Crippen molar-refractivity contribution in [1.82, 2.24) is 15.3 Å². The average Bonchev–Trinajstić information content (AvgIpc) is 3.40. The predicted molar refractivity (Wildman–Crippen MR) is 142 cm³/mol. The van der Waals surface area contributed by atoms with E-state index in [2.05, 4.69) is 35.2 Å². The number of halogens is 3. The fraction of sp³-hybridized carbons (Fsp3) is 0.320. The van der Waals surface area contributed by atoms with Crippen molar-refractivity contribution in [1.29, 1.82) is 0 Å². The molecule has 0 atom stereocenters. The Kier molecular flexibility index (Phi) is 10.7. The molecule has 0 saturated carbocycles. The second kappa shape index (κ2) is 13.0. The minimum absolute atomic E-state index is 0. The van der Waals surface area contributed by atoms with Crippen LogP contribution in [0.4, 0.5) is 0 Å². The third-order valence-corrected chi connectivity index (χ3v) is 5.25. The third kappa shape index (κ3) is 7.14. The summed E-state index contributed by atoms with van der Waals surface area (Å²) in [5, 5.41) is 12.8. The molecule has 0 radical (unpaired) electrons. The van der Waals surface area contributed by atoms with Crippen molar-refractivity contribution in [2.75, 3.05) is 19.8 Å². The summed E-state index contributed by atoms with van der Waals surface area (Å²) < 4.78 is 12.1. The minimum atomic E-state index is 0. The van der Waals surface area contributed by atoms with Gasteiger partial charge in [-0.05, 0) is 53.9 Å². The number of ether oxygens (including phenoxy) is 1. The molecule has 0 aliphatic heterocycles. The number of aliphatic hydroxyl groups excluding tert-OH is 1. The van der Waals surface area contributed by atoms with Crippen LogP contribution >= 0.6 is 36.4 Å². The number of imidazole rings is 1. The standard InChI is InChI=1S/C25H28ClN3O3.2ClH/c1-16(2)15-31-23-7-4-19(26)12-18(23)13-20-5-8-24(32-20)25-28-21-6-3-17(11-22(21)29-25)14-27-9-10-30;;/h3-8,11-12,16,27,30H,9-10,13-15H2,1-2H3,(H,28,29);2*1H. The lowest BCUT2D eigenvalue weighted by atomic mass is 10.1. The van der Waals surface area contributed by atoms with Gasteiger partial charge in [-0.15, -0.1) is 24.8 Å². The van der Waals surface area contributed by atoms with Gasteiger partial charge in [-0.3, -0.25) is 0 Å². The quantitative estimate of drug-likeness (QED) is 0.220. The van der Waals surface area contributed by atoms with Crippen LogP contribution in [0.25, 0.3) is 22.6 Å². The first-order valence-corrected chi connectivity index (χ1v) is 11.2. The highest BCUT2D eigenvalue weighted by Gasteiger charge is 2.13. The van der Waals surface area contributed by atoms with Crippen molar-refractivity contribution in [3.8, 4) is 17.3 Å². The second-order valence-electron chi connectivity index (χ2n) is 8.24. The smallest absolute Gasteiger partial charge is 0.174 e. The zero-order valence-corrected chi connectivity index (χ0v) is 21.5. The van der Waals surface area contributed by atoms with E-state index >= 15 is 0 Å². The third-order valence-electron chi connectivity index (χ3n) is 5.02. The van der Waals surface area contributed by atoms with E-state index in [4.69, 9.17) is 25.9 Å². The maximum atomic E-state index is 8.92. The summed E-state index contributed by atoms with van der Waals surface area (Å²) in [7, 11) is 0. The fourth-order valence-electron chi connectivity index (χ4n) is 3.47. The first kappa shape index (κ1) is 28.0. The highest BCUT2D eigenvalue weighted by Crippen LogP contribution is 2.29. The maximum Gasteiger partial charge on any atom is 0.174 e. The van der Waals surface area contributed by atoms with Gasteiger partial charge in [0.25, 0.3) is 0 Å². The first-order chi connectivity index (χ1) is 15.5. The Bertz CT molecular complexity index is 1190. The van der Waals surface area contributed by atoms with Crippen molar-refractivity contribution in [2.24, 2.45) is 5.92 Å². The molecule has 4 rings (SSSR count). The monoisotopic (exact) mass is 525 g/mol. The van der Waals surface area contributed by atoms with E-state index < -0.39 is 0 Å². The van der Waals surface area contributed by atoms with E-state index in [1.165, 1.54) is 0 Å². The molecule has 184 valence electrons. The van der Waals surface area contributed by atoms with Gasteiger partial charge in [0, 0.05) is 30.1 Å². The zero-order valence-electron chi connectivity index (χ0n) is 19.1. The van der Waals surface area contributed by atoms with Gasteiger partial charge in [0.1, 0.15) is 11.5 Å². The summed E-state index contributed by atoms with van der Waals surface area (Å²) in [6.45, 7) is 6.27. The molecule has 4 aromatic rings. The van der Waals surface area contributed by atoms with Gasteiger partial charge in [0.05, 0.1) is 24.2 Å². The topological polar surface area (TPSA) is 83.3 Å². The summed E-state index contributed by atoms with van der Waals surface area (Å²) in [6.07, 6.45) is 0.578. The number of hydrogen-bond acceptors (Lipinski definition) is 5. The number of rotatable bonds is 10. The number of aliphatic hydroxyl groups is 1. The average molecular weight is 527 g/mol. The summed E-state index contributed by atoms with van der Waals surface area (Å²) in [6, 6.07) is 15.6. The van der Waals surface area contributed by atoms with Crippen LogP contribution in [0.15, 0.2) is 52.9 Å². The molecule has 0 saturated heterocycles. The van der Waals surface area contributed by atoms with Gasteiger partial charge < -0.3 is 24.6 Å². The molecule has 0 bridgehead atoms.